The Balaban J connectivity index is 1.82. The Hall–Kier alpha value is -1.06. The molecule has 2 N–H and O–H groups in total. The quantitative estimate of drug-likeness (QED) is 0.773. The minimum Gasteiger partial charge on any atom is -0.396 e. The zero-order valence-electron chi connectivity index (χ0n) is 13.7. The molecular formula is C18H30N2O. The molecule has 1 aliphatic rings. The molecule has 0 fully saturated rings. The van der Waals surface area contributed by atoms with Crippen LogP contribution in [-0.2, 0) is 13.0 Å². The predicted octanol–water partition coefficient (Wildman–Crippen LogP) is 2.81. The molecule has 1 heterocycles. The molecule has 0 aliphatic carbocycles. The number of rotatable bonds is 8. The van der Waals surface area contributed by atoms with Crippen LogP contribution in [0.2, 0.25) is 0 Å². The van der Waals surface area contributed by atoms with Crippen molar-refractivity contribution in [3.8, 4) is 0 Å². The zero-order valence-corrected chi connectivity index (χ0v) is 13.7. The lowest BCUT2D eigenvalue weighted by Crippen LogP contribution is -2.24. The van der Waals surface area contributed by atoms with Gasteiger partial charge in [-0.05, 0) is 54.8 Å². The molecule has 1 unspecified atom stereocenters. The van der Waals surface area contributed by atoms with E-state index in [1.165, 1.54) is 29.7 Å². The van der Waals surface area contributed by atoms with E-state index in [1.807, 2.05) is 0 Å². The van der Waals surface area contributed by atoms with Gasteiger partial charge in [0.2, 0.25) is 0 Å². The summed E-state index contributed by atoms with van der Waals surface area (Å²) < 4.78 is 0. The molecule has 3 nitrogen and oxygen atoms in total. The topological polar surface area (TPSA) is 35.5 Å². The highest BCUT2D eigenvalue weighted by Crippen LogP contribution is 2.27. The fourth-order valence-corrected chi connectivity index (χ4v) is 3.30. The Morgan fingerprint density at radius 1 is 1.33 bits per heavy atom. The van der Waals surface area contributed by atoms with Gasteiger partial charge in [0.1, 0.15) is 0 Å². The van der Waals surface area contributed by atoms with Crippen LogP contribution in [0.3, 0.4) is 0 Å². The van der Waals surface area contributed by atoms with Crippen LogP contribution in [0, 0.1) is 11.8 Å². The maximum absolute atomic E-state index is 9.16. The van der Waals surface area contributed by atoms with Gasteiger partial charge in [0, 0.05) is 32.4 Å². The minimum atomic E-state index is 0.296. The minimum absolute atomic E-state index is 0.296. The van der Waals surface area contributed by atoms with Crippen LogP contribution in [0.1, 0.15) is 37.8 Å². The average molecular weight is 290 g/mol. The molecule has 2 rings (SSSR count). The van der Waals surface area contributed by atoms with Gasteiger partial charge < -0.3 is 15.3 Å². The molecule has 1 aromatic rings. The summed E-state index contributed by atoms with van der Waals surface area (Å²) in [6.07, 6.45) is 3.25. The van der Waals surface area contributed by atoms with E-state index >= 15 is 0 Å². The lowest BCUT2D eigenvalue weighted by molar-refractivity contribution is 0.239. The smallest absolute Gasteiger partial charge is 0.0434 e. The monoisotopic (exact) mass is 290 g/mol. The third-order valence-electron chi connectivity index (χ3n) is 4.38. The van der Waals surface area contributed by atoms with Gasteiger partial charge in [0.05, 0.1) is 0 Å². The van der Waals surface area contributed by atoms with Gasteiger partial charge >= 0.3 is 0 Å². The molecule has 0 spiro atoms. The zero-order chi connectivity index (χ0) is 15.2. The number of hydrogen-bond acceptors (Lipinski definition) is 3. The van der Waals surface area contributed by atoms with Crippen molar-refractivity contribution in [3.63, 3.8) is 0 Å². The highest BCUT2D eigenvalue weighted by atomic mass is 16.3. The average Bonchev–Trinajstić information content (AvgIpc) is 2.79. The van der Waals surface area contributed by atoms with Crippen LogP contribution < -0.4 is 10.2 Å². The van der Waals surface area contributed by atoms with Crippen molar-refractivity contribution >= 4 is 5.69 Å². The van der Waals surface area contributed by atoms with Gasteiger partial charge in [-0.2, -0.15) is 0 Å². The van der Waals surface area contributed by atoms with Gasteiger partial charge in [-0.15, -0.1) is 0 Å². The van der Waals surface area contributed by atoms with Crippen LogP contribution in [0.25, 0.3) is 0 Å². The van der Waals surface area contributed by atoms with E-state index in [2.05, 4.69) is 49.3 Å². The summed E-state index contributed by atoms with van der Waals surface area (Å²) in [7, 11) is 2.16. The van der Waals surface area contributed by atoms with E-state index in [0.29, 0.717) is 18.4 Å². The number of nitrogens with one attached hydrogen (secondary N) is 1. The van der Waals surface area contributed by atoms with Gasteiger partial charge in [-0.25, -0.2) is 0 Å². The van der Waals surface area contributed by atoms with Gasteiger partial charge in [0.25, 0.3) is 0 Å². The van der Waals surface area contributed by atoms with Crippen molar-refractivity contribution < 1.29 is 5.11 Å². The highest BCUT2D eigenvalue weighted by molar-refractivity contribution is 5.58. The van der Waals surface area contributed by atoms with Crippen LogP contribution in [0.5, 0.6) is 0 Å². The molecule has 0 amide bonds. The molecule has 21 heavy (non-hydrogen) atoms. The fourth-order valence-electron chi connectivity index (χ4n) is 3.30. The Bertz CT molecular complexity index is 445. The second kappa shape index (κ2) is 7.81. The number of nitrogens with zero attached hydrogens (tertiary/aromatic N) is 1. The number of fused-ring (bicyclic) bond motifs is 1. The van der Waals surface area contributed by atoms with Crippen molar-refractivity contribution in [2.45, 2.75) is 39.7 Å². The Labute approximate surface area is 129 Å². The van der Waals surface area contributed by atoms with Crippen molar-refractivity contribution in [2.24, 2.45) is 11.8 Å². The SMILES string of the molecule is CC(C)CC(CCO)CNCc1ccc2c(c1)CCN2C. The molecule has 1 aromatic carbocycles. The molecule has 3 heteroatoms. The molecule has 0 saturated heterocycles. The van der Waals surface area contributed by atoms with Gasteiger partial charge in [-0.3, -0.25) is 0 Å². The molecule has 0 aromatic heterocycles. The lowest BCUT2D eigenvalue weighted by Gasteiger charge is -2.19. The first-order valence-corrected chi connectivity index (χ1v) is 8.24. The van der Waals surface area contributed by atoms with E-state index in [-0.39, 0.29) is 0 Å². The van der Waals surface area contributed by atoms with Crippen LogP contribution in [0.4, 0.5) is 5.69 Å². The first-order valence-electron chi connectivity index (χ1n) is 8.24. The molecule has 0 saturated carbocycles. The summed E-state index contributed by atoms with van der Waals surface area (Å²) in [5.41, 5.74) is 4.24. The third-order valence-corrected chi connectivity index (χ3v) is 4.38. The number of benzene rings is 1. The van der Waals surface area contributed by atoms with Crippen molar-refractivity contribution in [3.05, 3.63) is 29.3 Å². The second-order valence-electron chi connectivity index (χ2n) is 6.77. The maximum Gasteiger partial charge on any atom is 0.0434 e. The van der Waals surface area contributed by atoms with Crippen molar-refractivity contribution in [2.75, 3.05) is 31.6 Å². The summed E-state index contributed by atoms with van der Waals surface area (Å²) in [5.74, 6) is 1.27. The summed E-state index contributed by atoms with van der Waals surface area (Å²) in [6, 6.07) is 6.82. The number of aliphatic hydroxyl groups is 1. The van der Waals surface area contributed by atoms with Gasteiger partial charge in [0.15, 0.2) is 0 Å². The Morgan fingerprint density at radius 2 is 2.14 bits per heavy atom. The lowest BCUT2D eigenvalue weighted by atomic mass is 9.94. The molecule has 118 valence electrons. The normalized spacial score (nSPS) is 15.6. The number of hydrogen-bond donors (Lipinski definition) is 2. The Morgan fingerprint density at radius 3 is 2.86 bits per heavy atom. The molecular weight excluding hydrogens is 260 g/mol. The number of aliphatic hydroxyl groups excluding tert-OH is 1. The maximum atomic E-state index is 9.16. The van der Waals surface area contributed by atoms with Crippen LogP contribution in [0.15, 0.2) is 18.2 Å². The third kappa shape index (κ3) is 4.72. The van der Waals surface area contributed by atoms with Crippen LogP contribution in [-0.4, -0.2) is 31.9 Å². The molecule has 0 radical (unpaired) electrons. The van der Waals surface area contributed by atoms with E-state index < -0.39 is 0 Å². The highest BCUT2D eigenvalue weighted by Gasteiger charge is 2.15. The Kier molecular flexibility index (Phi) is 6.07. The summed E-state index contributed by atoms with van der Waals surface area (Å²) >= 11 is 0. The standard InChI is InChI=1S/C18H30N2O/c1-14(2)10-16(7-9-21)13-19-12-15-4-5-18-17(11-15)6-8-20(18)3/h4-5,11,14,16,19,21H,6-10,12-13H2,1-3H3. The van der Waals surface area contributed by atoms with E-state index in [1.54, 1.807) is 0 Å². The molecule has 1 aliphatic heterocycles. The summed E-state index contributed by atoms with van der Waals surface area (Å²) in [5, 5.41) is 12.7. The number of likely N-dealkylation sites (N-methyl/N-ethyl adjacent to an activating group) is 1. The first-order chi connectivity index (χ1) is 10.1. The second-order valence-corrected chi connectivity index (χ2v) is 6.77. The predicted molar refractivity (Wildman–Crippen MR) is 89.8 cm³/mol. The van der Waals surface area contributed by atoms with E-state index in [4.69, 9.17) is 5.11 Å². The summed E-state index contributed by atoms with van der Waals surface area (Å²) in [4.78, 5) is 2.33. The van der Waals surface area contributed by atoms with E-state index in [0.717, 1.165) is 26.1 Å². The molecule has 1 atom stereocenters. The fraction of sp³-hybridized carbons (Fsp3) is 0.667. The first kappa shape index (κ1) is 16.3. The summed E-state index contributed by atoms with van der Waals surface area (Å²) in [6.45, 7) is 7.86. The largest absolute Gasteiger partial charge is 0.396 e. The number of anilines is 1. The van der Waals surface area contributed by atoms with Gasteiger partial charge in [-0.1, -0.05) is 26.0 Å². The van der Waals surface area contributed by atoms with Crippen LogP contribution >= 0.6 is 0 Å². The van der Waals surface area contributed by atoms with E-state index in [9.17, 15) is 0 Å². The van der Waals surface area contributed by atoms with Crippen molar-refractivity contribution in [1.29, 1.82) is 0 Å². The van der Waals surface area contributed by atoms with Crippen molar-refractivity contribution in [1.82, 2.24) is 5.32 Å². The molecule has 0 bridgehead atoms.